The summed E-state index contributed by atoms with van der Waals surface area (Å²) in [7, 11) is 0. The molecule has 20 nitrogen and oxygen atoms in total. The summed E-state index contributed by atoms with van der Waals surface area (Å²) in [5.74, 6) is -12.9. The van der Waals surface area contributed by atoms with Crippen LogP contribution >= 0.6 is 0 Å². The molecule has 290 valence electrons. The molecular formula is C36H26O20. The van der Waals surface area contributed by atoms with Gasteiger partial charge >= 0.3 is 23.9 Å². The highest BCUT2D eigenvalue weighted by molar-refractivity contribution is 6.23. The number of phenols is 9. The largest absolute Gasteiger partial charge is 0.504 e. The van der Waals surface area contributed by atoms with Crippen molar-refractivity contribution in [2.45, 2.75) is 30.7 Å². The molecule has 0 saturated carbocycles. The van der Waals surface area contributed by atoms with E-state index < -0.39 is 146 Å². The Morgan fingerprint density at radius 3 is 1.89 bits per heavy atom. The van der Waals surface area contributed by atoms with Crippen LogP contribution in [0.15, 0.2) is 53.0 Å². The maximum absolute atomic E-state index is 14.0. The lowest BCUT2D eigenvalue weighted by Crippen LogP contribution is -2.62. The highest BCUT2D eigenvalue weighted by atomic mass is 16.7. The molecule has 5 aromatic rings. The van der Waals surface area contributed by atoms with E-state index in [1.807, 2.05) is 0 Å². The molecule has 3 heterocycles. The molecule has 1 aromatic heterocycles. The zero-order valence-electron chi connectivity index (χ0n) is 27.8. The van der Waals surface area contributed by atoms with Gasteiger partial charge in [0.05, 0.1) is 16.7 Å². The predicted octanol–water partition coefficient (Wildman–Crippen LogP) is 2.20. The number of carbonyl (C=O) groups is 4. The highest BCUT2D eigenvalue weighted by Gasteiger charge is 2.52. The lowest BCUT2D eigenvalue weighted by atomic mass is 9.98. The Kier molecular flexibility index (Phi) is 8.98. The quantitative estimate of drug-likeness (QED) is 0.0529. The Hall–Kier alpha value is -7.58. The van der Waals surface area contributed by atoms with Crippen LogP contribution in [-0.2, 0) is 28.5 Å². The van der Waals surface area contributed by atoms with Crippen LogP contribution in [0.5, 0.6) is 51.7 Å². The van der Waals surface area contributed by atoms with E-state index in [4.69, 9.17) is 28.1 Å². The number of ether oxygens (including phenoxy) is 5. The Bertz CT molecular complexity index is 2490. The van der Waals surface area contributed by atoms with Gasteiger partial charge in [-0.1, -0.05) is 6.07 Å². The van der Waals surface area contributed by atoms with E-state index in [-0.39, 0.29) is 10.9 Å². The van der Waals surface area contributed by atoms with Crippen LogP contribution in [0.2, 0.25) is 0 Å². The SMILES string of the molecule is O=C(/C=C/c1ccc(O)c(O)c1)O[C@@H]1O[C@@H]2COC(=O)c3cc(O)c(O)c4oc5c(O)c(O)cc(c5c34)C(=O)O[C@H]2[C@H](OC(=O)c2cc(O)c(O)c(O)c2)[C@H]1O. The summed E-state index contributed by atoms with van der Waals surface area (Å²) < 4.78 is 33.0. The molecule has 0 radical (unpaired) electrons. The Labute approximate surface area is 310 Å². The first-order valence-corrected chi connectivity index (χ1v) is 16.0. The highest BCUT2D eigenvalue weighted by Crippen LogP contribution is 2.48. The molecule has 4 aromatic carbocycles. The summed E-state index contributed by atoms with van der Waals surface area (Å²) in [6.07, 6.45) is -8.31. The van der Waals surface area contributed by atoms with Crippen molar-refractivity contribution < 1.29 is 98.3 Å². The number of esters is 4. The fourth-order valence-electron chi connectivity index (χ4n) is 6.09. The fourth-order valence-corrected chi connectivity index (χ4v) is 6.09. The number of aliphatic hydroxyl groups excluding tert-OH is 1. The Morgan fingerprint density at radius 1 is 0.696 bits per heavy atom. The molecule has 20 heteroatoms. The maximum Gasteiger partial charge on any atom is 0.339 e. The number of fused-ring (bicyclic) bond motifs is 1. The number of aliphatic hydroxyl groups is 1. The summed E-state index contributed by atoms with van der Waals surface area (Å²) in [4.78, 5) is 54.0. The van der Waals surface area contributed by atoms with Crippen molar-refractivity contribution in [1.82, 2.24) is 0 Å². The summed E-state index contributed by atoms with van der Waals surface area (Å²) in [6, 6.07) is 6.37. The third kappa shape index (κ3) is 6.29. The van der Waals surface area contributed by atoms with E-state index >= 15 is 0 Å². The molecule has 1 fully saturated rings. The third-order valence-electron chi connectivity index (χ3n) is 8.79. The number of hydrogen-bond acceptors (Lipinski definition) is 20. The number of cyclic esters (lactones) is 1. The number of rotatable bonds is 5. The normalized spacial score (nSPS) is 21.0. The van der Waals surface area contributed by atoms with Crippen molar-refractivity contribution in [3.8, 4) is 51.7 Å². The average Bonchev–Trinajstić information content (AvgIpc) is 3.56. The molecule has 0 amide bonds. The maximum atomic E-state index is 14.0. The van der Waals surface area contributed by atoms with Gasteiger partial charge in [-0.3, -0.25) is 0 Å². The zero-order valence-corrected chi connectivity index (χ0v) is 27.8. The van der Waals surface area contributed by atoms with Crippen molar-refractivity contribution in [3.63, 3.8) is 0 Å². The fraction of sp³-hybridized carbons (Fsp3) is 0.167. The van der Waals surface area contributed by atoms with Crippen molar-refractivity contribution in [2.24, 2.45) is 0 Å². The van der Waals surface area contributed by atoms with Crippen molar-refractivity contribution in [1.29, 1.82) is 0 Å². The molecule has 0 bridgehead atoms. The van der Waals surface area contributed by atoms with E-state index in [0.29, 0.717) is 18.2 Å². The standard InChI is InChI=1S/C36H26O20/c37-15-3-1-11(5-16(15)38)2-4-22(43)53-36-28(47)32(56-33(48)12-6-17(39)25(44)18(40)7-12)29-21(52-36)10-51-34(49)13-8-19(41)26(45)30-23(13)24-14(35(50)55-29)9-20(42)27(46)31(24)54-30/h1-9,21,28-29,32,36-42,44-47H,10H2/b4-2+/t21-,28-,29-,32-,36+/m1/s1. The van der Waals surface area contributed by atoms with E-state index in [0.717, 1.165) is 30.4 Å². The zero-order chi connectivity index (χ0) is 40.3. The third-order valence-corrected chi connectivity index (χ3v) is 8.79. The molecule has 0 unspecified atom stereocenters. The molecule has 2 aliphatic rings. The first-order valence-electron chi connectivity index (χ1n) is 16.0. The first-order chi connectivity index (χ1) is 26.5. The number of furan rings is 1. The van der Waals surface area contributed by atoms with Gasteiger partial charge < -0.3 is 79.2 Å². The summed E-state index contributed by atoms with van der Waals surface area (Å²) in [6.45, 7) is -0.939. The molecule has 5 atom stereocenters. The van der Waals surface area contributed by atoms with Crippen LogP contribution < -0.4 is 0 Å². The average molecular weight is 779 g/mol. The number of phenolic OH excluding ortho intramolecular Hbond substituents is 9. The summed E-state index contributed by atoms with van der Waals surface area (Å²) in [5.41, 5.74) is -2.86. The van der Waals surface area contributed by atoms with Gasteiger partial charge in [-0.25, -0.2) is 19.2 Å². The van der Waals surface area contributed by atoms with Gasteiger partial charge in [0.1, 0.15) is 12.7 Å². The number of aromatic hydroxyl groups is 9. The molecule has 0 aliphatic carbocycles. The molecule has 56 heavy (non-hydrogen) atoms. The van der Waals surface area contributed by atoms with Gasteiger partial charge in [0.15, 0.2) is 69.7 Å². The minimum atomic E-state index is -2.25. The molecule has 0 spiro atoms. The van der Waals surface area contributed by atoms with E-state index in [9.17, 15) is 70.2 Å². The van der Waals surface area contributed by atoms with Crippen LogP contribution in [0.3, 0.4) is 0 Å². The van der Waals surface area contributed by atoms with Crippen LogP contribution in [-0.4, -0.2) is 112 Å². The van der Waals surface area contributed by atoms with Crippen LogP contribution in [0.25, 0.3) is 28.0 Å². The molecular weight excluding hydrogens is 752 g/mol. The van der Waals surface area contributed by atoms with Crippen molar-refractivity contribution in [3.05, 3.63) is 70.8 Å². The lowest BCUT2D eigenvalue weighted by molar-refractivity contribution is -0.289. The molecule has 10 N–H and O–H groups in total. The van der Waals surface area contributed by atoms with Crippen LogP contribution in [0, 0.1) is 0 Å². The van der Waals surface area contributed by atoms with E-state index in [2.05, 4.69) is 0 Å². The van der Waals surface area contributed by atoms with Gasteiger partial charge in [0.25, 0.3) is 0 Å². The topological polar surface area (TPSA) is 330 Å². The monoisotopic (exact) mass is 778 g/mol. The number of benzene rings is 4. The molecule has 7 rings (SSSR count). The smallest absolute Gasteiger partial charge is 0.339 e. The van der Waals surface area contributed by atoms with E-state index in [1.54, 1.807) is 0 Å². The van der Waals surface area contributed by atoms with Gasteiger partial charge in [-0.05, 0) is 48.0 Å². The Balaban J connectivity index is 1.30. The summed E-state index contributed by atoms with van der Waals surface area (Å²) in [5, 5.41) is 102. The van der Waals surface area contributed by atoms with Crippen LogP contribution in [0.4, 0.5) is 0 Å². The second-order valence-electron chi connectivity index (χ2n) is 12.3. The van der Waals surface area contributed by atoms with Crippen molar-refractivity contribution >= 4 is 51.9 Å². The summed E-state index contributed by atoms with van der Waals surface area (Å²) >= 11 is 0. The van der Waals surface area contributed by atoms with Gasteiger partial charge in [-0.2, -0.15) is 0 Å². The number of hydrogen-bond donors (Lipinski definition) is 10. The second-order valence-corrected chi connectivity index (χ2v) is 12.3. The van der Waals surface area contributed by atoms with Gasteiger partial charge in [0, 0.05) is 16.8 Å². The first kappa shape index (κ1) is 36.8. The van der Waals surface area contributed by atoms with Crippen molar-refractivity contribution in [2.75, 3.05) is 6.61 Å². The second kappa shape index (κ2) is 13.7. The minimum absolute atomic E-state index is 0.209. The van der Waals surface area contributed by atoms with Crippen LogP contribution in [0.1, 0.15) is 36.6 Å². The van der Waals surface area contributed by atoms with Gasteiger partial charge in [0.2, 0.25) is 17.8 Å². The van der Waals surface area contributed by atoms with Gasteiger partial charge in [-0.15, -0.1) is 0 Å². The number of carbonyl (C=O) groups excluding carboxylic acids is 4. The molecule has 2 aliphatic heterocycles. The predicted molar refractivity (Wildman–Crippen MR) is 180 cm³/mol. The molecule has 1 saturated heterocycles. The minimum Gasteiger partial charge on any atom is -0.504 e. The lowest BCUT2D eigenvalue weighted by Gasteiger charge is -2.42. The Morgan fingerprint density at radius 2 is 1.29 bits per heavy atom. The van der Waals surface area contributed by atoms with E-state index in [1.165, 1.54) is 6.07 Å².